The van der Waals surface area contributed by atoms with Crippen LogP contribution in [0.4, 0.5) is 15.2 Å². The van der Waals surface area contributed by atoms with Crippen molar-refractivity contribution in [1.82, 2.24) is 4.98 Å². The first-order valence-electron chi connectivity index (χ1n) is 5.53. The summed E-state index contributed by atoms with van der Waals surface area (Å²) in [4.78, 5) is 15.6. The standard InChI is InChI=1S/C12H12FN3OS2/c13-8-2-1-3-9(6-8)16-10(17)4-5-18-11-7-15-12(14)19-11/h1-3,6-7H,4-5H2,(H2,14,15)(H,16,17). The highest BCUT2D eigenvalue weighted by Crippen LogP contribution is 2.26. The normalized spacial score (nSPS) is 10.4. The molecule has 2 aromatic rings. The molecule has 0 unspecified atom stereocenters. The number of nitrogens with zero attached hydrogens (tertiary/aromatic N) is 1. The molecule has 0 fully saturated rings. The molecule has 0 aliphatic carbocycles. The van der Waals surface area contributed by atoms with Crippen molar-refractivity contribution in [3.05, 3.63) is 36.3 Å². The van der Waals surface area contributed by atoms with Crippen molar-refractivity contribution >= 4 is 39.8 Å². The van der Waals surface area contributed by atoms with Gasteiger partial charge < -0.3 is 11.1 Å². The third-order valence-electron chi connectivity index (χ3n) is 2.18. The molecule has 3 N–H and O–H groups in total. The summed E-state index contributed by atoms with van der Waals surface area (Å²) in [5.41, 5.74) is 5.98. The number of nitrogens with two attached hydrogens (primary N) is 1. The molecule has 0 saturated heterocycles. The van der Waals surface area contributed by atoms with E-state index in [-0.39, 0.29) is 11.7 Å². The summed E-state index contributed by atoms with van der Waals surface area (Å²) in [7, 11) is 0. The van der Waals surface area contributed by atoms with Crippen LogP contribution in [-0.4, -0.2) is 16.6 Å². The Hall–Kier alpha value is -1.60. The molecular formula is C12H12FN3OS2. The van der Waals surface area contributed by atoms with E-state index in [1.165, 1.54) is 35.2 Å². The van der Waals surface area contributed by atoms with Crippen LogP contribution >= 0.6 is 23.1 Å². The first-order chi connectivity index (χ1) is 9.13. The smallest absolute Gasteiger partial charge is 0.225 e. The van der Waals surface area contributed by atoms with Gasteiger partial charge in [0.25, 0.3) is 0 Å². The third kappa shape index (κ3) is 4.53. The average Bonchev–Trinajstić information content (AvgIpc) is 2.75. The van der Waals surface area contributed by atoms with Gasteiger partial charge in [0.05, 0.1) is 10.4 Å². The van der Waals surface area contributed by atoms with Crippen molar-refractivity contribution in [2.75, 3.05) is 16.8 Å². The summed E-state index contributed by atoms with van der Waals surface area (Å²) >= 11 is 2.92. The van der Waals surface area contributed by atoms with Gasteiger partial charge in [-0.2, -0.15) is 0 Å². The first-order valence-corrected chi connectivity index (χ1v) is 7.33. The zero-order chi connectivity index (χ0) is 13.7. The number of hydrogen-bond donors (Lipinski definition) is 2. The van der Waals surface area contributed by atoms with Gasteiger partial charge in [-0.1, -0.05) is 17.4 Å². The van der Waals surface area contributed by atoms with Crippen LogP contribution in [0.2, 0.25) is 0 Å². The first kappa shape index (κ1) is 13.8. The maximum absolute atomic E-state index is 12.9. The van der Waals surface area contributed by atoms with E-state index < -0.39 is 0 Å². The SMILES string of the molecule is Nc1ncc(SCCC(=O)Nc2cccc(F)c2)s1. The van der Waals surface area contributed by atoms with Crippen molar-refractivity contribution in [3.8, 4) is 0 Å². The van der Waals surface area contributed by atoms with Crippen molar-refractivity contribution in [2.45, 2.75) is 10.6 Å². The quantitative estimate of drug-likeness (QED) is 0.833. The second kappa shape index (κ2) is 6.53. The number of nitrogen functional groups attached to an aromatic ring is 1. The number of thioether (sulfide) groups is 1. The van der Waals surface area contributed by atoms with Crippen LogP contribution in [-0.2, 0) is 4.79 Å². The number of halogens is 1. The fourth-order valence-corrected chi connectivity index (χ4v) is 3.15. The number of nitrogens with one attached hydrogen (secondary N) is 1. The molecule has 1 aromatic heterocycles. The summed E-state index contributed by atoms with van der Waals surface area (Å²) in [6.45, 7) is 0. The van der Waals surface area contributed by atoms with E-state index in [2.05, 4.69) is 10.3 Å². The van der Waals surface area contributed by atoms with Crippen LogP contribution in [0.1, 0.15) is 6.42 Å². The molecule has 1 aromatic carbocycles. The monoisotopic (exact) mass is 297 g/mol. The van der Waals surface area contributed by atoms with Gasteiger partial charge in [0.15, 0.2) is 5.13 Å². The van der Waals surface area contributed by atoms with Crippen LogP contribution in [0.3, 0.4) is 0 Å². The van der Waals surface area contributed by atoms with E-state index in [9.17, 15) is 9.18 Å². The molecule has 2 rings (SSSR count). The van der Waals surface area contributed by atoms with Crippen molar-refractivity contribution in [2.24, 2.45) is 0 Å². The molecular weight excluding hydrogens is 285 g/mol. The molecule has 0 radical (unpaired) electrons. The molecule has 0 aliphatic rings. The molecule has 0 bridgehead atoms. The van der Waals surface area contributed by atoms with Gasteiger partial charge in [-0.05, 0) is 18.2 Å². The number of carbonyl (C=O) groups excluding carboxylic acids is 1. The Kier molecular flexibility index (Phi) is 4.75. The molecule has 0 aliphatic heterocycles. The topological polar surface area (TPSA) is 68.0 Å². The minimum Gasteiger partial charge on any atom is -0.375 e. The fourth-order valence-electron chi connectivity index (χ4n) is 1.37. The van der Waals surface area contributed by atoms with Crippen LogP contribution in [0.15, 0.2) is 34.7 Å². The lowest BCUT2D eigenvalue weighted by Crippen LogP contribution is -2.12. The number of hydrogen-bond acceptors (Lipinski definition) is 5. The van der Waals surface area contributed by atoms with Gasteiger partial charge in [0.2, 0.25) is 5.91 Å². The van der Waals surface area contributed by atoms with E-state index in [4.69, 9.17) is 5.73 Å². The molecule has 4 nitrogen and oxygen atoms in total. The maximum Gasteiger partial charge on any atom is 0.225 e. The molecule has 0 spiro atoms. The molecule has 100 valence electrons. The summed E-state index contributed by atoms with van der Waals surface area (Å²) in [6.07, 6.45) is 2.04. The predicted octanol–water partition coefficient (Wildman–Crippen LogP) is 2.99. The highest BCUT2D eigenvalue weighted by atomic mass is 32.2. The molecule has 19 heavy (non-hydrogen) atoms. The van der Waals surface area contributed by atoms with Gasteiger partial charge in [-0.25, -0.2) is 9.37 Å². The second-order valence-electron chi connectivity index (χ2n) is 3.67. The number of carbonyl (C=O) groups is 1. The van der Waals surface area contributed by atoms with E-state index in [0.717, 1.165) is 4.21 Å². The molecule has 1 heterocycles. The Bertz CT molecular complexity index is 574. The molecule has 0 atom stereocenters. The highest BCUT2D eigenvalue weighted by Gasteiger charge is 2.05. The molecule has 1 amide bonds. The summed E-state index contributed by atoms with van der Waals surface area (Å²) < 4.78 is 13.9. The summed E-state index contributed by atoms with van der Waals surface area (Å²) in [6, 6.07) is 5.83. The number of thiazole rings is 1. The average molecular weight is 297 g/mol. The minimum atomic E-state index is -0.368. The largest absolute Gasteiger partial charge is 0.375 e. The number of amides is 1. The van der Waals surface area contributed by atoms with Gasteiger partial charge in [-0.3, -0.25) is 4.79 Å². The van der Waals surface area contributed by atoms with E-state index in [1.807, 2.05) is 0 Å². The zero-order valence-electron chi connectivity index (χ0n) is 9.93. The zero-order valence-corrected chi connectivity index (χ0v) is 11.6. The Labute approximate surface area is 118 Å². The lowest BCUT2D eigenvalue weighted by molar-refractivity contribution is -0.115. The van der Waals surface area contributed by atoms with Gasteiger partial charge in [-0.15, -0.1) is 11.8 Å². The Morgan fingerprint density at radius 2 is 2.37 bits per heavy atom. The number of rotatable bonds is 5. The number of anilines is 2. The third-order valence-corrected chi connectivity index (χ3v) is 4.21. The number of aromatic nitrogens is 1. The molecule has 7 heteroatoms. The predicted molar refractivity (Wildman–Crippen MR) is 76.9 cm³/mol. The van der Waals surface area contributed by atoms with E-state index in [1.54, 1.807) is 18.3 Å². The number of benzene rings is 1. The van der Waals surface area contributed by atoms with E-state index >= 15 is 0 Å². The Morgan fingerprint density at radius 3 is 3.05 bits per heavy atom. The van der Waals surface area contributed by atoms with Crippen molar-refractivity contribution in [1.29, 1.82) is 0 Å². The lowest BCUT2D eigenvalue weighted by Gasteiger charge is -2.04. The van der Waals surface area contributed by atoms with Gasteiger partial charge in [0, 0.05) is 17.9 Å². The van der Waals surface area contributed by atoms with Gasteiger partial charge in [0.1, 0.15) is 5.82 Å². The van der Waals surface area contributed by atoms with Crippen molar-refractivity contribution < 1.29 is 9.18 Å². The van der Waals surface area contributed by atoms with Crippen LogP contribution in [0.5, 0.6) is 0 Å². The summed E-state index contributed by atoms with van der Waals surface area (Å²) in [5.74, 6) is 0.117. The second-order valence-corrected chi connectivity index (χ2v) is 6.13. The van der Waals surface area contributed by atoms with Gasteiger partial charge >= 0.3 is 0 Å². The Morgan fingerprint density at radius 1 is 1.53 bits per heavy atom. The molecule has 0 saturated carbocycles. The van der Waals surface area contributed by atoms with Crippen LogP contribution in [0, 0.1) is 5.82 Å². The Balaban J connectivity index is 1.76. The lowest BCUT2D eigenvalue weighted by atomic mass is 10.3. The minimum absolute atomic E-state index is 0.143. The highest BCUT2D eigenvalue weighted by molar-refractivity contribution is 8.01. The van der Waals surface area contributed by atoms with Crippen molar-refractivity contribution in [3.63, 3.8) is 0 Å². The van der Waals surface area contributed by atoms with E-state index in [0.29, 0.717) is 23.0 Å². The summed E-state index contributed by atoms with van der Waals surface area (Å²) in [5, 5.41) is 3.17. The van der Waals surface area contributed by atoms with Crippen LogP contribution in [0.25, 0.3) is 0 Å². The van der Waals surface area contributed by atoms with Crippen LogP contribution < -0.4 is 11.1 Å². The maximum atomic E-state index is 12.9. The fraction of sp³-hybridized carbons (Fsp3) is 0.167.